The number of fused-ring (bicyclic) bond motifs is 1. The highest BCUT2D eigenvalue weighted by Crippen LogP contribution is 2.27. The Hall–Kier alpha value is -3.65. The van der Waals surface area contributed by atoms with Crippen molar-refractivity contribution in [2.75, 3.05) is 19.0 Å². The average Bonchev–Trinajstić information content (AvgIpc) is 3.05. The van der Waals surface area contributed by atoms with Crippen molar-refractivity contribution in [3.63, 3.8) is 0 Å². The second-order valence-electron chi connectivity index (χ2n) is 5.87. The third kappa shape index (κ3) is 4.02. The molecule has 0 saturated carbocycles. The van der Waals surface area contributed by atoms with Crippen molar-refractivity contribution in [2.24, 2.45) is 5.73 Å². The largest absolute Gasteiger partial charge is 0.450 e. The first-order valence-corrected chi connectivity index (χ1v) is 8.36. The predicted octanol–water partition coefficient (Wildman–Crippen LogP) is 2.47. The Kier molecular flexibility index (Phi) is 5.71. The minimum atomic E-state index is -0.790. The molecule has 3 aromatic rings. The van der Waals surface area contributed by atoms with Crippen LogP contribution in [-0.2, 0) is 20.9 Å². The Balaban J connectivity index is 1.71. The van der Waals surface area contributed by atoms with E-state index in [1.807, 2.05) is 6.07 Å². The first kappa shape index (κ1) is 19.1. The van der Waals surface area contributed by atoms with Crippen LogP contribution >= 0.6 is 0 Å². The molecule has 0 radical (unpaired) electrons. The van der Waals surface area contributed by atoms with Crippen LogP contribution in [0.3, 0.4) is 0 Å². The highest BCUT2D eigenvalue weighted by molar-refractivity contribution is 6.04. The van der Waals surface area contributed by atoms with E-state index in [9.17, 15) is 14.4 Å². The Morgan fingerprint density at radius 1 is 1.07 bits per heavy atom. The fourth-order valence-electron chi connectivity index (χ4n) is 2.74. The number of carbonyl (C=O) groups excluding carboxylic acids is 3. The molecule has 0 aliphatic rings. The molecule has 0 spiro atoms. The van der Waals surface area contributed by atoms with E-state index in [1.54, 1.807) is 30.3 Å². The van der Waals surface area contributed by atoms with E-state index >= 15 is 0 Å². The van der Waals surface area contributed by atoms with Gasteiger partial charge < -0.3 is 24.9 Å². The molecule has 0 atom stereocenters. The van der Waals surface area contributed by atoms with Crippen LogP contribution in [0.25, 0.3) is 11.0 Å². The Labute approximate surface area is 160 Å². The smallest absolute Gasteiger partial charge is 0.375 e. The fourth-order valence-corrected chi connectivity index (χ4v) is 2.74. The molecule has 2 amide bonds. The summed E-state index contributed by atoms with van der Waals surface area (Å²) in [6.07, 6.45) is 0. The zero-order valence-corrected chi connectivity index (χ0v) is 15.1. The van der Waals surface area contributed by atoms with E-state index in [0.717, 1.165) is 5.39 Å². The molecule has 3 N–H and O–H groups in total. The number of ether oxygens (including phenoxy) is 2. The van der Waals surface area contributed by atoms with Crippen LogP contribution in [0.5, 0.6) is 0 Å². The molecule has 1 aromatic heterocycles. The maximum atomic E-state index is 12.4. The number of hydrogen-bond donors (Lipinski definition) is 2. The van der Waals surface area contributed by atoms with Crippen LogP contribution in [0.15, 0.2) is 52.9 Å². The van der Waals surface area contributed by atoms with Gasteiger partial charge in [0.1, 0.15) is 5.58 Å². The van der Waals surface area contributed by atoms with Gasteiger partial charge in [-0.3, -0.25) is 9.59 Å². The van der Waals surface area contributed by atoms with Crippen LogP contribution in [0.2, 0.25) is 0 Å². The first-order valence-electron chi connectivity index (χ1n) is 8.36. The number of hydrogen-bond acceptors (Lipinski definition) is 6. The van der Waals surface area contributed by atoms with Crippen molar-refractivity contribution in [2.45, 2.75) is 6.61 Å². The van der Waals surface area contributed by atoms with Crippen molar-refractivity contribution in [1.29, 1.82) is 0 Å². The lowest BCUT2D eigenvalue weighted by atomic mass is 10.1. The summed E-state index contributed by atoms with van der Waals surface area (Å²) < 4.78 is 15.8. The van der Waals surface area contributed by atoms with Gasteiger partial charge in [-0.1, -0.05) is 30.3 Å². The fraction of sp³-hybridized carbons (Fsp3) is 0.150. The lowest BCUT2D eigenvalue weighted by molar-refractivity contribution is -0.119. The number of esters is 1. The zero-order valence-electron chi connectivity index (χ0n) is 15.1. The summed E-state index contributed by atoms with van der Waals surface area (Å²) >= 11 is 0. The molecule has 3 rings (SSSR count). The summed E-state index contributed by atoms with van der Waals surface area (Å²) in [5, 5.41) is 3.23. The second-order valence-corrected chi connectivity index (χ2v) is 5.87. The topological polar surface area (TPSA) is 121 Å². The molecule has 8 nitrogen and oxygen atoms in total. The number of furan rings is 1. The van der Waals surface area contributed by atoms with Gasteiger partial charge in [0.05, 0.1) is 17.9 Å². The molecule has 2 aromatic carbocycles. The quantitative estimate of drug-likeness (QED) is 0.606. The molecule has 8 heteroatoms. The maximum absolute atomic E-state index is 12.4. The van der Waals surface area contributed by atoms with Gasteiger partial charge in [0.2, 0.25) is 5.76 Å². The summed E-state index contributed by atoms with van der Waals surface area (Å²) in [6, 6.07) is 13.4. The van der Waals surface area contributed by atoms with E-state index in [1.165, 1.54) is 19.2 Å². The molecule has 0 aliphatic heterocycles. The normalized spacial score (nSPS) is 10.6. The Bertz CT molecular complexity index is 1040. The maximum Gasteiger partial charge on any atom is 0.375 e. The molecular weight excluding hydrogens is 364 g/mol. The number of para-hydroxylation sites is 2. The highest BCUT2D eigenvalue weighted by atomic mass is 16.5. The van der Waals surface area contributed by atoms with E-state index < -0.39 is 24.4 Å². The zero-order chi connectivity index (χ0) is 20.1. The summed E-state index contributed by atoms with van der Waals surface area (Å²) in [5.74, 6) is -2.11. The molecule has 0 fully saturated rings. The number of rotatable bonds is 7. The minimum absolute atomic E-state index is 0.0200. The van der Waals surface area contributed by atoms with Gasteiger partial charge in [-0.25, -0.2) is 4.79 Å². The van der Waals surface area contributed by atoms with Crippen molar-refractivity contribution in [1.82, 2.24) is 0 Å². The number of anilines is 1. The number of methoxy groups -OCH3 is 1. The van der Waals surface area contributed by atoms with Crippen LogP contribution < -0.4 is 11.1 Å². The lowest BCUT2D eigenvalue weighted by Crippen LogP contribution is -2.23. The van der Waals surface area contributed by atoms with Crippen LogP contribution in [0.4, 0.5) is 5.69 Å². The number of nitrogens with two attached hydrogens (primary N) is 1. The number of carbonyl (C=O) groups is 3. The standard InChI is InChI=1S/C20H18N2O6/c1-26-10-14-12-6-3-5-9-16(12)28-18(14)20(25)27-11-17(23)22-15-8-4-2-7-13(15)19(21)24/h2-9H,10-11H2,1H3,(H2,21,24)(H,22,23). The van der Waals surface area contributed by atoms with Crippen molar-refractivity contribution in [3.8, 4) is 0 Å². The van der Waals surface area contributed by atoms with E-state index in [4.69, 9.17) is 19.6 Å². The SMILES string of the molecule is COCc1c(C(=O)OCC(=O)Nc2ccccc2C(N)=O)oc2ccccc12. The molecule has 144 valence electrons. The van der Waals surface area contributed by atoms with Crippen LogP contribution in [-0.4, -0.2) is 31.5 Å². The first-order chi connectivity index (χ1) is 13.5. The van der Waals surface area contributed by atoms with E-state index in [0.29, 0.717) is 11.1 Å². The third-order valence-corrected chi connectivity index (χ3v) is 3.97. The van der Waals surface area contributed by atoms with Gasteiger partial charge in [-0.05, 0) is 18.2 Å². The molecule has 0 unspecified atom stereocenters. The minimum Gasteiger partial charge on any atom is -0.450 e. The van der Waals surface area contributed by atoms with E-state index in [2.05, 4.69) is 5.32 Å². The van der Waals surface area contributed by atoms with E-state index in [-0.39, 0.29) is 23.6 Å². The molecule has 28 heavy (non-hydrogen) atoms. The molecule has 1 heterocycles. The monoisotopic (exact) mass is 382 g/mol. The van der Waals surface area contributed by atoms with Gasteiger partial charge >= 0.3 is 5.97 Å². The number of nitrogens with one attached hydrogen (secondary N) is 1. The van der Waals surface area contributed by atoms with Crippen molar-refractivity contribution < 1.29 is 28.3 Å². The molecule has 0 bridgehead atoms. The van der Waals surface area contributed by atoms with Gasteiger partial charge in [0.25, 0.3) is 11.8 Å². The molecular formula is C20H18N2O6. The molecule has 0 saturated heterocycles. The molecule has 0 aliphatic carbocycles. The Morgan fingerprint density at radius 2 is 1.79 bits per heavy atom. The number of primary amides is 1. The Morgan fingerprint density at radius 3 is 2.54 bits per heavy atom. The van der Waals surface area contributed by atoms with Gasteiger partial charge in [-0.15, -0.1) is 0 Å². The summed E-state index contributed by atoms with van der Waals surface area (Å²) in [5.41, 5.74) is 6.72. The number of benzene rings is 2. The average molecular weight is 382 g/mol. The predicted molar refractivity (Wildman–Crippen MR) is 101 cm³/mol. The van der Waals surface area contributed by atoms with Crippen LogP contribution in [0, 0.1) is 0 Å². The van der Waals surface area contributed by atoms with Crippen molar-refractivity contribution in [3.05, 3.63) is 65.4 Å². The summed E-state index contributed by atoms with van der Waals surface area (Å²) in [4.78, 5) is 35.9. The van der Waals surface area contributed by atoms with Gasteiger partial charge in [-0.2, -0.15) is 0 Å². The third-order valence-electron chi connectivity index (χ3n) is 3.97. The van der Waals surface area contributed by atoms with Crippen molar-refractivity contribution >= 4 is 34.4 Å². The summed E-state index contributed by atoms with van der Waals surface area (Å²) in [7, 11) is 1.50. The highest BCUT2D eigenvalue weighted by Gasteiger charge is 2.22. The lowest BCUT2D eigenvalue weighted by Gasteiger charge is -2.09. The number of amides is 2. The second kappa shape index (κ2) is 8.36. The van der Waals surface area contributed by atoms with Gasteiger partial charge in [0.15, 0.2) is 6.61 Å². The van der Waals surface area contributed by atoms with Gasteiger partial charge in [0, 0.05) is 18.1 Å². The summed E-state index contributed by atoms with van der Waals surface area (Å²) in [6.45, 7) is -0.408. The van der Waals surface area contributed by atoms with Crippen LogP contribution in [0.1, 0.15) is 26.5 Å².